The first-order valence-electron chi connectivity index (χ1n) is 12.8. The summed E-state index contributed by atoms with van der Waals surface area (Å²) in [4.78, 5) is 37.6. The molecule has 3 rings (SSSR count). The first kappa shape index (κ1) is 27.4. The van der Waals surface area contributed by atoms with Crippen molar-refractivity contribution >= 4 is 17.8 Å². The molecule has 1 aliphatic heterocycles. The van der Waals surface area contributed by atoms with Crippen LogP contribution in [0.25, 0.3) is 0 Å². The summed E-state index contributed by atoms with van der Waals surface area (Å²) in [6.07, 6.45) is 2.95. The molecular weight excluding hydrogens is 460 g/mol. The number of carbonyl (C=O) groups excluding carboxylic acids is 3. The highest BCUT2D eigenvalue weighted by atomic mass is 16.5. The van der Waals surface area contributed by atoms with E-state index in [4.69, 9.17) is 14.6 Å². The lowest BCUT2D eigenvalue weighted by Crippen LogP contribution is -2.30. The molecule has 1 aromatic carbocycles. The van der Waals surface area contributed by atoms with E-state index < -0.39 is 5.97 Å². The van der Waals surface area contributed by atoms with Crippen LogP contribution in [0, 0.1) is 5.92 Å². The average Bonchev–Trinajstić information content (AvgIpc) is 3.18. The zero-order valence-electron chi connectivity index (χ0n) is 21.8. The van der Waals surface area contributed by atoms with Crippen molar-refractivity contribution in [2.75, 3.05) is 26.4 Å². The van der Waals surface area contributed by atoms with Gasteiger partial charge in [0.05, 0.1) is 29.1 Å². The summed E-state index contributed by atoms with van der Waals surface area (Å²) in [5.41, 5.74) is 3.25. The van der Waals surface area contributed by atoms with E-state index in [9.17, 15) is 14.4 Å². The maximum absolute atomic E-state index is 12.9. The number of carbonyl (C=O) groups is 3. The fourth-order valence-corrected chi connectivity index (χ4v) is 4.13. The SMILES string of the molecule is CCc1nn(C[C@@H](C)COC(=O)c2ccc(C(=O)NC(C)C)cc2)c2c1C(=O)NCCCOCCC2. The molecule has 36 heavy (non-hydrogen) atoms. The van der Waals surface area contributed by atoms with Gasteiger partial charge in [-0.3, -0.25) is 14.3 Å². The van der Waals surface area contributed by atoms with Crippen molar-refractivity contribution in [1.29, 1.82) is 0 Å². The number of benzene rings is 1. The number of rotatable bonds is 8. The molecule has 1 atom stereocenters. The lowest BCUT2D eigenvalue weighted by Gasteiger charge is -2.15. The monoisotopic (exact) mass is 498 g/mol. The highest BCUT2D eigenvalue weighted by molar-refractivity contribution is 5.97. The minimum Gasteiger partial charge on any atom is -0.462 e. The van der Waals surface area contributed by atoms with Crippen molar-refractivity contribution in [3.8, 4) is 0 Å². The molecule has 9 nitrogen and oxygen atoms in total. The Labute approximate surface area is 212 Å². The quantitative estimate of drug-likeness (QED) is 0.541. The topological polar surface area (TPSA) is 112 Å². The zero-order chi connectivity index (χ0) is 26.1. The number of aryl methyl sites for hydroxylation is 1. The second kappa shape index (κ2) is 13.2. The first-order valence-corrected chi connectivity index (χ1v) is 12.8. The van der Waals surface area contributed by atoms with Gasteiger partial charge in [-0.15, -0.1) is 0 Å². The Morgan fingerprint density at radius 2 is 1.83 bits per heavy atom. The Bertz CT molecular complexity index is 1050. The minimum atomic E-state index is -0.441. The van der Waals surface area contributed by atoms with Crippen LogP contribution in [-0.4, -0.2) is 60.0 Å². The van der Waals surface area contributed by atoms with E-state index in [1.54, 1.807) is 24.3 Å². The number of hydrogen-bond donors (Lipinski definition) is 2. The van der Waals surface area contributed by atoms with Crippen molar-refractivity contribution in [3.05, 3.63) is 52.3 Å². The summed E-state index contributed by atoms with van der Waals surface area (Å²) in [5, 5.41) is 10.5. The fourth-order valence-electron chi connectivity index (χ4n) is 4.13. The molecule has 0 spiro atoms. The third kappa shape index (κ3) is 7.40. The molecule has 0 unspecified atom stereocenters. The molecule has 0 fully saturated rings. The van der Waals surface area contributed by atoms with Crippen LogP contribution in [0.5, 0.6) is 0 Å². The van der Waals surface area contributed by atoms with Gasteiger partial charge in [0.2, 0.25) is 0 Å². The Balaban J connectivity index is 1.64. The van der Waals surface area contributed by atoms with Gasteiger partial charge in [0.25, 0.3) is 11.8 Å². The molecule has 2 amide bonds. The number of hydrogen-bond acceptors (Lipinski definition) is 6. The number of nitrogens with zero attached hydrogens (tertiary/aromatic N) is 2. The van der Waals surface area contributed by atoms with Crippen LogP contribution in [0.15, 0.2) is 24.3 Å². The van der Waals surface area contributed by atoms with E-state index in [2.05, 4.69) is 10.6 Å². The van der Waals surface area contributed by atoms with Crippen LogP contribution in [0.1, 0.15) is 83.0 Å². The van der Waals surface area contributed by atoms with E-state index in [0.717, 1.165) is 24.2 Å². The van der Waals surface area contributed by atoms with Gasteiger partial charge in [-0.25, -0.2) is 4.79 Å². The number of esters is 1. The lowest BCUT2D eigenvalue weighted by atomic mass is 10.1. The Kier molecular flexibility index (Phi) is 10.0. The Morgan fingerprint density at radius 1 is 1.14 bits per heavy atom. The molecule has 1 aromatic heterocycles. The van der Waals surface area contributed by atoms with Gasteiger partial charge >= 0.3 is 5.97 Å². The smallest absolute Gasteiger partial charge is 0.338 e. The summed E-state index contributed by atoms with van der Waals surface area (Å²) in [6.45, 7) is 10.4. The Hall–Kier alpha value is -3.20. The van der Waals surface area contributed by atoms with Crippen molar-refractivity contribution < 1.29 is 23.9 Å². The number of aromatic nitrogens is 2. The summed E-state index contributed by atoms with van der Waals surface area (Å²) in [5.74, 6) is -0.722. The van der Waals surface area contributed by atoms with E-state index in [-0.39, 0.29) is 30.4 Å². The normalized spacial score (nSPS) is 15.4. The second-order valence-corrected chi connectivity index (χ2v) is 9.54. The minimum absolute atomic E-state index is 0.0174. The Morgan fingerprint density at radius 3 is 2.53 bits per heavy atom. The van der Waals surface area contributed by atoms with Crippen molar-refractivity contribution in [2.45, 2.75) is 66.0 Å². The molecular formula is C27H38N4O5. The summed E-state index contributed by atoms with van der Waals surface area (Å²) >= 11 is 0. The van der Waals surface area contributed by atoms with Gasteiger partial charge < -0.3 is 20.1 Å². The zero-order valence-corrected chi connectivity index (χ0v) is 21.8. The van der Waals surface area contributed by atoms with Crippen LogP contribution < -0.4 is 10.6 Å². The van der Waals surface area contributed by atoms with Crippen molar-refractivity contribution in [3.63, 3.8) is 0 Å². The first-order chi connectivity index (χ1) is 17.3. The van der Waals surface area contributed by atoms with Gasteiger partial charge in [0.1, 0.15) is 0 Å². The van der Waals surface area contributed by atoms with Gasteiger partial charge in [-0.2, -0.15) is 5.10 Å². The molecule has 0 saturated heterocycles. The van der Waals surface area contributed by atoms with Crippen LogP contribution >= 0.6 is 0 Å². The lowest BCUT2D eigenvalue weighted by molar-refractivity contribution is 0.0435. The molecule has 0 bridgehead atoms. The maximum Gasteiger partial charge on any atom is 0.338 e. The maximum atomic E-state index is 12.9. The summed E-state index contributed by atoms with van der Waals surface area (Å²) < 4.78 is 13.1. The predicted octanol–water partition coefficient (Wildman–Crippen LogP) is 3.16. The molecule has 0 saturated carbocycles. The highest BCUT2D eigenvalue weighted by Crippen LogP contribution is 2.20. The molecule has 2 aromatic rings. The molecule has 0 radical (unpaired) electrons. The number of amides is 2. The molecule has 0 aliphatic carbocycles. The van der Waals surface area contributed by atoms with Crippen LogP contribution in [0.3, 0.4) is 0 Å². The van der Waals surface area contributed by atoms with E-state index in [0.29, 0.717) is 55.8 Å². The van der Waals surface area contributed by atoms with Crippen LogP contribution in [0.4, 0.5) is 0 Å². The van der Waals surface area contributed by atoms with Crippen molar-refractivity contribution in [1.82, 2.24) is 20.4 Å². The number of nitrogens with one attached hydrogen (secondary N) is 2. The molecule has 2 heterocycles. The standard InChI is InChI=1S/C27H38N4O5/c1-5-22-24-23(8-6-14-35-15-7-13-28-26(24)33)31(30-22)16-19(4)17-36-27(34)21-11-9-20(10-12-21)25(32)29-18(2)3/h9-12,18-19H,5-8,13-17H2,1-4H3,(H,28,33)(H,29,32)/t19-/m1/s1. The number of ether oxygens (including phenoxy) is 2. The van der Waals surface area contributed by atoms with E-state index >= 15 is 0 Å². The van der Waals surface area contributed by atoms with E-state index in [1.807, 2.05) is 32.4 Å². The van der Waals surface area contributed by atoms with E-state index in [1.165, 1.54) is 0 Å². The van der Waals surface area contributed by atoms with Gasteiger partial charge in [-0.05, 0) is 63.8 Å². The van der Waals surface area contributed by atoms with Gasteiger partial charge in [0.15, 0.2) is 0 Å². The van der Waals surface area contributed by atoms with Gasteiger partial charge in [0, 0.05) is 43.8 Å². The predicted molar refractivity (Wildman–Crippen MR) is 136 cm³/mol. The molecule has 1 aliphatic rings. The summed E-state index contributed by atoms with van der Waals surface area (Å²) in [6, 6.07) is 6.47. The number of fused-ring (bicyclic) bond motifs is 1. The molecule has 2 N–H and O–H groups in total. The third-order valence-electron chi connectivity index (χ3n) is 5.93. The van der Waals surface area contributed by atoms with Crippen molar-refractivity contribution in [2.24, 2.45) is 5.92 Å². The van der Waals surface area contributed by atoms with Gasteiger partial charge in [-0.1, -0.05) is 13.8 Å². The fraction of sp³-hybridized carbons (Fsp3) is 0.556. The highest BCUT2D eigenvalue weighted by Gasteiger charge is 2.24. The summed E-state index contributed by atoms with van der Waals surface area (Å²) in [7, 11) is 0. The third-order valence-corrected chi connectivity index (χ3v) is 5.93. The van der Waals surface area contributed by atoms with Crippen LogP contribution in [-0.2, 0) is 28.9 Å². The molecule has 196 valence electrons. The largest absolute Gasteiger partial charge is 0.462 e. The average molecular weight is 499 g/mol. The molecule has 9 heteroatoms. The second-order valence-electron chi connectivity index (χ2n) is 9.54. The van der Waals surface area contributed by atoms with Crippen LogP contribution in [0.2, 0.25) is 0 Å².